The van der Waals surface area contributed by atoms with Crippen molar-refractivity contribution in [3.8, 4) is 0 Å². The molecule has 5 heteroatoms. The van der Waals surface area contributed by atoms with Gasteiger partial charge in [0.2, 0.25) is 0 Å². The fraction of sp³-hybridized carbons (Fsp3) is 0.364. The van der Waals surface area contributed by atoms with Gasteiger partial charge in [0.05, 0.1) is 19.4 Å². The van der Waals surface area contributed by atoms with E-state index in [0.29, 0.717) is 5.56 Å². The Balaban J connectivity index is 2.93. The van der Waals surface area contributed by atoms with E-state index in [1.165, 1.54) is 12.1 Å². The third kappa shape index (κ3) is 3.56. The van der Waals surface area contributed by atoms with Gasteiger partial charge in [-0.3, -0.25) is 4.79 Å². The van der Waals surface area contributed by atoms with Crippen LogP contribution in [0.4, 0.5) is 13.2 Å². The molecule has 0 fully saturated rings. The van der Waals surface area contributed by atoms with Crippen LogP contribution in [-0.2, 0) is 9.53 Å². The lowest BCUT2D eigenvalue weighted by Crippen LogP contribution is -2.21. The Bertz CT molecular complexity index is 346. The fourth-order valence-electron chi connectivity index (χ4n) is 1.40. The summed E-state index contributed by atoms with van der Waals surface area (Å²) < 4.78 is 41.2. The molecule has 1 aromatic carbocycles. The maximum absolute atomic E-state index is 12.3. The van der Waals surface area contributed by atoms with E-state index in [1.807, 2.05) is 0 Å². The van der Waals surface area contributed by atoms with Crippen LogP contribution in [0.2, 0.25) is 0 Å². The number of benzene rings is 1. The van der Waals surface area contributed by atoms with Gasteiger partial charge in [0, 0.05) is 0 Å². The van der Waals surface area contributed by atoms with Gasteiger partial charge in [-0.05, 0) is 5.56 Å². The van der Waals surface area contributed by atoms with Crippen LogP contribution in [0.5, 0.6) is 0 Å². The Morgan fingerprint density at radius 2 is 1.88 bits per heavy atom. The summed E-state index contributed by atoms with van der Waals surface area (Å²) in [6.07, 6.45) is -5.60. The van der Waals surface area contributed by atoms with Crippen molar-refractivity contribution in [1.82, 2.24) is 0 Å². The van der Waals surface area contributed by atoms with Crippen molar-refractivity contribution >= 4 is 5.97 Å². The molecule has 16 heavy (non-hydrogen) atoms. The van der Waals surface area contributed by atoms with E-state index in [-0.39, 0.29) is 0 Å². The van der Waals surface area contributed by atoms with E-state index >= 15 is 0 Å². The van der Waals surface area contributed by atoms with E-state index in [0.717, 1.165) is 7.11 Å². The Morgan fingerprint density at radius 1 is 1.31 bits per heavy atom. The van der Waals surface area contributed by atoms with E-state index in [9.17, 15) is 18.0 Å². The number of alkyl halides is 3. The summed E-state index contributed by atoms with van der Waals surface area (Å²) in [6, 6.07) is 7.80. The SMILES string of the molecule is COC(=O)C(CC(F)(F)F)c1ccccc1. The van der Waals surface area contributed by atoms with Gasteiger partial charge in [-0.25, -0.2) is 0 Å². The Morgan fingerprint density at radius 3 is 2.31 bits per heavy atom. The summed E-state index contributed by atoms with van der Waals surface area (Å²) in [7, 11) is 1.08. The zero-order valence-electron chi connectivity index (χ0n) is 8.62. The molecule has 0 saturated heterocycles. The lowest BCUT2D eigenvalue weighted by molar-refractivity contribution is -0.159. The minimum atomic E-state index is -4.39. The van der Waals surface area contributed by atoms with Gasteiger partial charge in [0.1, 0.15) is 0 Å². The van der Waals surface area contributed by atoms with Crippen LogP contribution in [0.25, 0.3) is 0 Å². The summed E-state index contributed by atoms with van der Waals surface area (Å²) in [6.45, 7) is 0. The van der Waals surface area contributed by atoms with Gasteiger partial charge in [-0.1, -0.05) is 30.3 Å². The Kier molecular flexibility index (Phi) is 3.93. The molecule has 0 aliphatic carbocycles. The Labute approximate surface area is 91.0 Å². The first-order chi connectivity index (χ1) is 7.44. The first kappa shape index (κ1) is 12.5. The summed E-state index contributed by atoms with van der Waals surface area (Å²) in [5, 5.41) is 0. The molecule has 0 amide bonds. The molecule has 1 unspecified atom stereocenters. The quantitative estimate of drug-likeness (QED) is 0.749. The highest BCUT2D eigenvalue weighted by Crippen LogP contribution is 2.31. The molecular formula is C11H11F3O2. The highest BCUT2D eigenvalue weighted by atomic mass is 19.4. The second-order valence-corrected chi connectivity index (χ2v) is 3.31. The van der Waals surface area contributed by atoms with Crippen molar-refractivity contribution in [2.75, 3.05) is 7.11 Å². The maximum Gasteiger partial charge on any atom is 0.390 e. The first-order valence-electron chi connectivity index (χ1n) is 4.63. The Hall–Kier alpha value is -1.52. The number of rotatable bonds is 3. The standard InChI is InChI=1S/C11H11F3O2/c1-16-10(15)9(7-11(12,13)14)8-5-3-2-4-6-8/h2-6,9H,7H2,1H3. The average Bonchev–Trinajstić information content (AvgIpc) is 2.25. The molecule has 0 aromatic heterocycles. The number of halogens is 3. The van der Waals surface area contributed by atoms with Gasteiger partial charge >= 0.3 is 12.1 Å². The van der Waals surface area contributed by atoms with Gasteiger partial charge in [-0.15, -0.1) is 0 Å². The second kappa shape index (κ2) is 5.01. The van der Waals surface area contributed by atoms with Gasteiger partial charge < -0.3 is 4.74 Å². The predicted octanol–water partition coefficient (Wildman–Crippen LogP) is 2.90. The number of methoxy groups -OCH3 is 1. The number of carbonyl (C=O) groups excluding carboxylic acids is 1. The lowest BCUT2D eigenvalue weighted by atomic mass is 9.96. The van der Waals surface area contributed by atoms with Crippen LogP contribution in [-0.4, -0.2) is 19.3 Å². The fourth-order valence-corrected chi connectivity index (χ4v) is 1.40. The molecular weight excluding hydrogens is 221 g/mol. The molecule has 2 nitrogen and oxygen atoms in total. The molecule has 0 aliphatic heterocycles. The number of carbonyl (C=O) groups is 1. The van der Waals surface area contributed by atoms with Crippen molar-refractivity contribution < 1.29 is 22.7 Å². The zero-order valence-corrected chi connectivity index (χ0v) is 8.62. The summed E-state index contributed by atoms with van der Waals surface area (Å²) in [5.41, 5.74) is 0.312. The molecule has 0 saturated carbocycles. The molecule has 0 N–H and O–H groups in total. The number of hydrogen-bond donors (Lipinski definition) is 0. The topological polar surface area (TPSA) is 26.3 Å². The minimum absolute atomic E-state index is 0.312. The van der Waals surface area contributed by atoms with Gasteiger partial charge in [0.25, 0.3) is 0 Å². The highest BCUT2D eigenvalue weighted by molar-refractivity contribution is 5.78. The lowest BCUT2D eigenvalue weighted by Gasteiger charge is -2.16. The van der Waals surface area contributed by atoms with Crippen LogP contribution >= 0.6 is 0 Å². The summed E-state index contributed by atoms with van der Waals surface area (Å²) in [5.74, 6) is -2.16. The third-order valence-electron chi connectivity index (χ3n) is 2.12. The third-order valence-corrected chi connectivity index (χ3v) is 2.12. The summed E-state index contributed by atoms with van der Waals surface area (Å²) >= 11 is 0. The number of esters is 1. The monoisotopic (exact) mass is 232 g/mol. The first-order valence-corrected chi connectivity index (χ1v) is 4.63. The van der Waals surface area contributed by atoms with Crippen molar-refractivity contribution in [2.45, 2.75) is 18.5 Å². The van der Waals surface area contributed by atoms with E-state index in [2.05, 4.69) is 4.74 Å². The molecule has 0 heterocycles. The van der Waals surface area contributed by atoms with Crippen molar-refractivity contribution in [3.63, 3.8) is 0 Å². The van der Waals surface area contributed by atoms with Crippen LogP contribution in [0, 0.1) is 0 Å². The molecule has 1 rings (SSSR count). The van der Waals surface area contributed by atoms with E-state index in [4.69, 9.17) is 0 Å². The molecule has 0 radical (unpaired) electrons. The van der Waals surface area contributed by atoms with Crippen molar-refractivity contribution in [1.29, 1.82) is 0 Å². The van der Waals surface area contributed by atoms with E-state index in [1.54, 1.807) is 18.2 Å². The van der Waals surface area contributed by atoms with Gasteiger partial charge in [-0.2, -0.15) is 13.2 Å². The molecule has 0 aliphatic rings. The second-order valence-electron chi connectivity index (χ2n) is 3.31. The number of ether oxygens (including phenoxy) is 1. The van der Waals surface area contributed by atoms with Crippen LogP contribution in [0.1, 0.15) is 17.9 Å². The number of hydrogen-bond acceptors (Lipinski definition) is 2. The molecule has 0 spiro atoms. The van der Waals surface area contributed by atoms with Crippen molar-refractivity contribution in [3.05, 3.63) is 35.9 Å². The molecule has 1 aromatic rings. The van der Waals surface area contributed by atoms with Crippen LogP contribution in [0.3, 0.4) is 0 Å². The smallest absolute Gasteiger partial charge is 0.390 e. The predicted molar refractivity (Wildman–Crippen MR) is 51.9 cm³/mol. The largest absolute Gasteiger partial charge is 0.469 e. The van der Waals surface area contributed by atoms with Crippen molar-refractivity contribution in [2.24, 2.45) is 0 Å². The molecule has 0 bridgehead atoms. The average molecular weight is 232 g/mol. The maximum atomic E-state index is 12.3. The van der Waals surface area contributed by atoms with Crippen LogP contribution in [0.15, 0.2) is 30.3 Å². The normalized spacial score (nSPS) is 13.2. The highest BCUT2D eigenvalue weighted by Gasteiger charge is 2.36. The van der Waals surface area contributed by atoms with Gasteiger partial charge in [0.15, 0.2) is 0 Å². The van der Waals surface area contributed by atoms with E-state index < -0.39 is 24.5 Å². The minimum Gasteiger partial charge on any atom is -0.469 e. The zero-order chi connectivity index (χ0) is 12.2. The molecule has 1 atom stereocenters. The van der Waals surface area contributed by atoms with Crippen LogP contribution < -0.4 is 0 Å². The summed E-state index contributed by atoms with van der Waals surface area (Å²) in [4.78, 5) is 11.3. The molecule has 88 valence electrons.